The molecule has 0 spiro atoms. The van der Waals surface area contributed by atoms with Gasteiger partial charge in [-0.1, -0.05) is 29.5 Å². The average Bonchev–Trinajstić information content (AvgIpc) is 3.40. The predicted molar refractivity (Wildman–Crippen MR) is 117 cm³/mol. The third kappa shape index (κ3) is 3.45. The number of nitrogens with one attached hydrogen (secondary N) is 1. The van der Waals surface area contributed by atoms with Crippen molar-refractivity contribution in [1.29, 1.82) is 0 Å². The molecule has 0 fully saturated rings. The van der Waals surface area contributed by atoms with E-state index in [0.717, 1.165) is 40.5 Å². The molecule has 144 valence electrons. The molecule has 6 nitrogen and oxygen atoms in total. The number of allylic oxidation sites excluding steroid dienone is 2. The van der Waals surface area contributed by atoms with Crippen LogP contribution in [0.4, 0.5) is 0 Å². The second-order valence-corrected chi connectivity index (χ2v) is 7.63. The van der Waals surface area contributed by atoms with Crippen LogP contribution < -0.4 is 5.32 Å². The van der Waals surface area contributed by atoms with Crippen molar-refractivity contribution in [3.8, 4) is 5.69 Å². The number of aromatic nitrogens is 5. The monoisotopic (exact) mass is 400 g/mol. The lowest BCUT2D eigenvalue weighted by atomic mass is 10.2. The van der Waals surface area contributed by atoms with Gasteiger partial charge in [0.2, 0.25) is 0 Å². The molecule has 5 rings (SSSR count). The summed E-state index contributed by atoms with van der Waals surface area (Å²) in [6.07, 6.45) is 10.3. The highest BCUT2D eigenvalue weighted by Gasteiger charge is 2.16. The molecule has 1 aliphatic rings. The summed E-state index contributed by atoms with van der Waals surface area (Å²) in [5.74, 6) is 0.912. The van der Waals surface area contributed by atoms with Gasteiger partial charge in [0.1, 0.15) is 5.69 Å². The first kappa shape index (κ1) is 17.8. The Hall–Kier alpha value is -3.32. The van der Waals surface area contributed by atoms with Crippen LogP contribution in [0, 0.1) is 0 Å². The van der Waals surface area contributed by atoms with Gasteiger partial charge < -0.3 is 9.88 Å². The van der Waals surface area contributed by atoms with Gasteiger partial charge in [0.05, 0.1) is 35.2 Å². The molecule has 0 radical (unpaired) electrons. The van der Waals surface area contributed by atoms with E-state index >= 15 is 0 Å². The summed E-state index contributed by atoms with van der Waals surface area (Å²) >= 11 is 1.73. The van der Waals surface area contributed by atoms with E-state index in [1.165, 1.54) is 4.90 Å². The van der Waals surface area contributed by atoms with Crippen molar-refractivity contribution < 1.29 is 0 Å². The molecule has 0 unspecified atom stereocenters. The van der Waals surface area contributed by atoms with Gasteiger partial charge >= 0.3 is 0 Å². The predicted octanol–water partition coefficient (Wildman–Crippen LogP) is 3.89. The van der Waals surface area contributed by atoms with Crippen molar-refractivity contribution >= 4 is 28.5 Å². The zero-order valence-corrected chi connectivity index (χ0v) is 16.8. The van der Waals surface area contributed by atoms with Crippen molar-refractivity contribution in [2.75, 3.05) is 12.8 Å². The molecule has 0 saturated carbocycles. The Morgan fingerprint density at radius 3 is 2.76 bits per heavy atom. The Bertz CT molecular complexity index is 1220. The minimum absolute atomic E-state index is 0.599. The molecule has 0 bridgehead atoms. The van der Waals surface area contributed by atoms with Crippen molar-refractivity contribution in [2.45, 2.75) is 11.4 Å². The van der Waals surface area contributed by atoms with Crippen molar-refractivity contribution in [3.05, 3.63) is 84.5 Å². The second kappa shape index (κ2) is 7.60. The van der Waals surface area contributed by atoms with Gasteiger partial charge in [-0.25, -0.2) is 9.67 Å². The van der Waals surface area contributed by atoms with E-state index in [1.54, 1.807) is 11.8 Å². The molecule has 2 aromatic heterocycles. The Morgan fingerprint density at radius 1 is 1.10 bits per heavy atom. The number of hydrogen-bond acceptors (Lipinski definition) is 5. The highest BCUT2D eigenvalue weighted by atomic mass is 32.2. The Kier molecular flexibility index (Phi) is 4.65. The zero-order valence-electron chi connectivity index (χ0n) is 16.0. The number of rotatable bonds is 5. The molecule has 0 atom stereocenters. The third-order valence-corrected chi connectivity index (χ3v) is 5.65. The standard InChI is InChI=1S/C22H20N6S/c1-29-18-11-9-17(10-12-18)28-15-16(25-26-28)14-27-21-8-3-2-6-19(21)24-22(27)20-7-4-5-13-23-20/h2-12,15,23H,13-14H2,1H3. The maximum absolute atomic E-state index is 4.86. The SMILES string of the molecule is CSc1ccc(-n2cc(Cn3c(C4=CC=CCN4)nc4ccccc43)nn2)cc1. The van der Waals surface area contributed by atoms with Crippen molar-refractivity contribution in [1.82, 2.24) is 29.9 Å². The van der Waals surface area contributed by atoms with E-state index in [2.05, 4.69) is 75.0 Å². The van der Waals surface area contributed by atoms with Crippen LogP contribution in [0.2, 0.25) is 0 Å². The molecule has 3 heterocycles. The van der Waals surface area contributed by atoms with Crippen LogP contribution in [-0.2, 0) is 6.54 Å². The summed E-state index contributed by atoms with van der Waals surface area (Å²) in [5.41, 5.74) is 4.96. The van der Waals surface area contributed by atoms with Crippen LogP contribution in [0.25, 0.3) is 22.4 Å². The summed E-state index contributed by atoms with van der Waals surface area (Å²) in [7, 11) is 0. The second-order valence-electron chi connectivity index (χ2n) is 6.75. The molecule has 0 amide bonds. The van der Waals surface area contributed by atoms with Gasteiger partial charge in [0, 0.05) is 11.4 Å². The Morgan fingerprint density at radius 2 is 1.97 bits per heavy atom. The van der Waals surface area contributed by atoms with Crippen LogP contribution in [0.15, 0.2) is 77.9 Å². The van der Waals surface area contributed by atoms with Gasteiger partial charge in [-0.15, -0.1) is 16.9 Å². The minimum atomic E-state index is 0.599. The summed E-state index contributed by atoms with van der Waals surface area (Å²) in [6, 6.07) is 16.5. The molecular weight excluding hydrogens is 380 g/mol. The number of benzene rings is 2. The Balaban J connectivity index is 1.51. The topological polar surface area (TPSA) is 60.6 Å². The lowest BCUT2D eigenvalue weighted by Gasteiger charge is -2.13. The fraction of sp³-hybridized carbons (Fsp3) is 0.136. The van der Waals surface area contributed by atoms with E-state index in [0.29, 0.717) is 6.54 Å². The summed E-state index contributed by atoms with van der Waals surface area (Å²) in [5, 5.41) is 12.1. The lowest BCUT2D eigenvalue weighted by Crippen LogP contribution is -2.18. The van der Waals surface area contributed by atoms with E-state index in [4.69, 9.17) is 4.98 Å². The van der Waals surface area contributed by atoms with Crippen LogP contribution in [0.1, 0.15) is 11.5 Å². The fourth-order valence-corrected chi connectivity index (χ4v) is 3.86. The molecule has 4 aromatic rings. The molecule has 2 aromatic carbocycles. The largest absolute Gasteiger partial charge is 0.379 e. The van der Waals surface area contributed by atoms with Gasteiger partial charge in [-0.05, 0) is 48.7 Å². The van der Waals surface area contributed by atoms with Crippen LogP contribution in [0.5, 0.6) is 0 Å². The fourth-order valence-electron chi connectivity index (χ4n) is 3.45. The number of hydrogen-bond donors (Lipinski definition) is 1. The van der Waals surface area contributed by atoms with Crippen molar-refractivity contribution in [3.63, 3.8) is 0 Å². The first-order chi connectivity index (χ1) is 14.3. The number of thioether (sulfide) groups is 1. The molecule has 1 N–H and O–H groups in total. The lowest BCUT2D eigenvalue weighted by molar-refractivity contribution is 0.756. The van der Waals surface area contributed by atoms with Gasteiger partial charge in [0.25, 0.3) is 0 Å². The van der Waals surface area contributed by atoms with Gasteiger partial charge in [-0.2, -0.15) is 0 Å². The average molecular weight is 401 g/mol. The van der Waals surface area contributed by atoms with Gasteiger partial charge in [-0.3, -0.25) is 0 Å². The number of para-hydroxylation sites is 2. The van der Waals surface area contributed by atoms with Crippen molar-refractivity contribution in [2.24, 2.45) is 0 Å². The number of nitrogens with zero attached hydrogens (tertiary/aromatic N) is 5. The highest BCUT2D eigenvalue weighted by Crippen LogP contribution is 2.23. The molecule has 0 saturated heterocycles. The summed E-state index contributed by atoms with van der Waals surface area (Å²) < 4.78 is 4.01. The van der Waals surface area contributed by atoms with Crippen LogP contribution >= 0.6 is 11.8 Å². The smallest absolute Gasteiger partial charge is 0.157 e. The third-order valence-electron chi connectivity index (χ3n) is 4.90. The maximum atomic E-state index is 4.86. The normalized spacial score (nSPS) is 13.5. The number of fused-ring (bicyclic) bond motifs is 1. The van der Waals surface area contributed by atoms with Gasteiger partial charge in [0.15, 0.2) is 5.82 Å². The zero-order chi connectivity index (χ0) is 19.6. The van der Waals surface area contributed by atoms with E-state index < -0.39 is 0 Å². The van der Waals surface area contributed by atoms with E-state index in [1.807, 2.05) is 29.1 Å². The minimum Gasteiger partial charge on any atom is -0.379 e. The number of dihydropyridines is 1. The quantitative estimate of drug-likeness (QED) is 0.515. The summed E-state index contributed by atoms with van der Waals surface area (Å²) in [6.45, 7) is 1.40. The molecular formula is C22H20N6S. The molecule has 29 heavy (non-hydrogen) atoms. The van der Waals surface area contributed by atoms with E-state index in [-0.39, 0.29) is 0 Å². The maximum Gasteiger partial charge on any atom is 0.157 e. The summed E-state index contributed by atoms with van der Waals surface area (Å²) in [4.78, 5) is 6.09. The molecule has 0 aliphatic carbocycles. The first-order valence-electron chi connectivity index (χ1n) is 9.44. The Labute approximate surface area is 173 Å². The number of imidazole rings is 1. The van der Waals surface area contributed by atoms with Crippen LogP contribution in [0.3, 0.4) is 0 Å². The first-order valence-corrected chi connectivity index (χ1v) is 10.7. The molecule has 7 heteroatoms. The van der Waals surface area contributed by atoms with Crippen LogP contribution in [-0.4, -0.2) is 37.3 Å². The van der Waals surface area contributed by atoms with E-state index in [9.17, 15) is 0 Å². The molecule has 1 aliphatic heterocycles. The highest BCUT2D eigenvalue weighted by molar-refractivity contribution is 7.98.